The Balaban J connectivity index is 1.26. The Morgan fingerprint density at radius 1 is 1.14 bits per heavy atom. The van der Waals surface area contributed by atoms with Gasteiger partial charge in [-0.2, -0.15) is 0 Å². The smallest absolute Gasteiger partial charge is 0.410 e. The summed E-state index contributed by atoms with van der Waals surface area (Å²) in [7, 11) is 1.58. The van der Waals surface area contributed by atoms with Crippen molar-refractivity contribution in [2.45, 2.75) is 70.8 Å². The van der Waals surface area contributed by atoms with E-state index in [1.54, 1.807) is 12.0 Å². The van der Waals surface area contributed by atoms with Crippen LogP contribution in [0.25, 0.3) is 0 Å². The Hall–Kier alpha value is -2.43. The summed E-state index contributed by atoms with van der Waals surface area (Å²) in [6, 6.07) is 13.1. The van der Waals surface area contributed by atoms with Crippen molar-refractivity contribution in [1.29, 1.82) is 0 Å². The fraction of sp³-hybridized carbons (Fsp3) is 0.533. The average molecular weight is 638 g/mol. The molecule has 1 saturated carbocycles. The van der Waals surface area contributed by atoms with E-state index in [9.17, 15) is 14.7 Å². The third-order valence-corrected chi connectivity index (χ3v) is 10.2. The highest BCUT2D eigenvalue weighted by Crippen LogP contribution is 2.71. The number of ether oxygens (including phenoxy) is 4. The molecule has 2 aliphatic carbocycles. The van der Waals surface area contributed by atoms with Crippen LogP contribution in [0.15, 0.2) is 42.5 Å². The van der Waals surface area contributed by atoms with E-state index in [0.717, 1.165) is 16.7 Å². The van der Waals surface area contributed by atoms with Gasteiger partial charge >= 0.3 is 6.09 Å². The number of aliphatic hydroxyl groups is 1. The summed E-state index contributed by atoms with van der Waals surface area (Å²) in [5, 5.41) is 15.3. The van der Waals surface area contributed by atoms with E-state index in [2.05, 4.69) is 5.32 Å². The lowest BCUT2D eigenvalue weighted by molar-refractivity contribution is -0.342. The van der Waals surface area contributed by atoms with Crippen molar-refractivity contribution in [3.63, 3.8) is 0 Å². The molecule has 3 saturated heterocycles. The zero-order valence-corrected chi connectivity index (χ0v) is 25.2. The summed E-state index contributed by atoms with van der Waals surface area (Å²) < 4.78 is 22.8. The van der Waals surface area contributed by atoms with Crippen LogP contribution in [-0.2, 0) is 32.5 Å². The number of piperidine rings is 1. The van der Waals surface area contributed by atoms with Crippen molar-refractivity contribution >= 4 is 46.8 Å². The first-order chi connectivity index (χ1) is 20.0. The van der Waals surface area contributed by atoms with Gasteiger partial charge in [-0.3, -0.25) is 4.79 Å². The normalized spacial score (nSPS) is 33.5. The van der Waals surface area contributed by atoms with Crippen molar-refractivity contribution in [1.82, 2.24) is 10.2 Å². The number of carbonyl (C=O) groups is 2. The molecule has 6 aliphatic rings. The van der Waals surface area contributed by atoms with Crippen LogP contribution in [0.1, 0.15) is 36.0 Å². The van der Waals surface area contributed by atoms with Gasteiger partial charge in [-0.15, -0.1) is 0 Å². The summed E-state index contributed by atoms with van der Waals surface area (Å²) in [6.45, 7) is 0.280. The van der Waals surface area contributed by atoms with Gasteiger partial charge in [0.2, 0.25) is 3.79 Å². The number of benzene rings is 2. The number of carbonyl (C=O) groups excluding carboxylic acids is 2. The average Bonchev–Trinajstić information content (AvgIpc) is 3.33. The minimum absolute atomic E-state index is 0.259. The van der Waals surface area contributed by atoms with Gasteiger partial charge in [-0.25, -0.2) is 4.79 Å². The fourth-order valence-corrected chi connectivity index (χ4v) is 8.49. The molecule has 2 spiro atoms. The van der Waals surface area contributed by atoms with Crippen LogP contribution in [0.3, 0.4) is 0 Å². The number of hydrogen-bond acceptors (Lipinski definition) is 7. The van der Waals surface area contributed by atoms with E-state index in [4.69, 9.17) is 53.8 Å². The van der Waals surface area contributed by atoms with Crippen molar-refractivity contribution < 1.29 is 33.6 Å². The third kappa shape index (κ3) is 3.90. The number of rotatable bonds is 6. The fourth-order valence-electron chi connectivity index (χ4n) is 8.33. The molecule has 4 bridgehead atoms. The zero-order chi connectivity index (χ0) is 29.5. The van der Waals surface area contributed by atoms with Crippen molar-refractivity contribution in [2.24, 2.45) is 0 Å². The Morgan fingerprint density at radius 3 is 2.67 bits per heavy atom. The lowest BCUT2D eigenvalue weighted by atomic mass is 9.44. The molecule has 8 rings (SSSR count). The standard InChI is InChI=1S/C30H31Cl3N2O7/c1-39-19-8-7-18-15-20-29-11-10-28(38,23(42-29)24(36)34-13-9-17-5-3-2-4-6-17)25-27(29,21(18)22(19)41-25)12-14-35(20)26(37)40-16-30(31,32)33/h2-8,20,23,25,38H,9-16H2,1H3,(H,34,36)/t20?,23-,25?,27?,28?,29?/m1/s1. The van der Waals surface area contributed by atoms with E-state index in [-0.39, 0.29) is 6.42 Å². The summed E-state index contributed by atoms with van der Waals surface area (Å²) in [5.41, 5.74) is -0.412. The Kier molecular flexibility index (Phi) is 6.61. The van der Waals surface area contributed by atoms with Gasteiger partial charge in [0.15, 0.2) is 17.6 Å². The second-order valence-electron chi connectivity index (χ2n) is 11.8. The highest BCUT2D eigenvalue weighted by Gasteiger charge is 2.83. The molecule has 224 valence electrons. The molecule has 4 aliphatic heterocycles. The predicted octanol–water partition coefficient (Wildman–Crippen LogP) is 3.85. The number of nitrogens with one attached hydrogen (secondary N) is 1. The van der Waals surface area contributed by atoms with Gasteiger partial charge in [-0.05, 0) is 49.3 Å². The minimum atomic E-state index is -1.76. The number of alkyl halides is 3. The molecule has 2 aromatic rings. The van der Waals surface area contributed by atoms with Crippen LogP contribution in [0, 0.1) is 0 Å². The molecule has 2 aromatic carbocycles. The van der Waals surface area contributed by atoms with Gasteiger partial charge in [-0.1, -0.05) is 71.2 Å². The number of likely N-dealkylation sites (tertiary alicyclic amines) is 1. The zero-order valence-electron chi connectivity index (χ0n) is 22.9. The molecule has 0 aromatic heterocycles. The summed E-state index contributed by atoms with van der Waals surface area (Å²) >= 11 is 17.6. The van der Waals surface area contributed by atoms with E-state index in [1.165, 1.54) is 0 Å². The van der Waals surface area contributed by atoms with E-state index < -0.39 is 57.3 Å². The van der Waals surface area contributed by atoms with Crippen LogP contribution in [0.4, 0.5) is 4.79 Å². The molecule has 4 heterocycles. The molecule has 42 heavy (non-hydrogen) atoms. The number of methoxy groups -OCH3 is 1. The summed E-state index contributed by atoms with van der Waals surface area (Å²) in [4.78, 5) is 28.8. The Labute approximate surface area is 258 Å². The second-order valence-corrected chi connectivity index (χ2v) is 14.4. The molecule has 9 nitrogen and oxygen atoms in total. The van der Waals surface area contributed by atoms with Crippen molar-refractivity contribution in [2.75, 3.05) is 26.8 Å². The summed E-state index contributed by atoms with van der Waals surface area (Å²) in [5.74, 6) is 0.717. The molecule has 2 N–H and O–H groups in total. The first-order valence-corrected chi connectivity index (χ1v) is 15.3. The van der Waals surface area contributed by atoms with E-state index in [1.807, 2.05) is 42.5 Å². The molecule has 0 radical (unpaired) electrons. The topological polar surface area (TPSA) is 107 Å². The number of hydrogen-bond donors (Lipinski definition) is 2. The van der Waals surface area contributed by atoms with Crippen LogP contribution in [0.2, 0.25) is 0 Å². The van der Waals surface area contributed by atoms with E-state index >= 15 is 0 Å². The number of fused-ring (bicyclic) bond motifs is 2. The maximum Gasteiger partial charge on any atom is 0.410 e. The lowest BCUT2D eigenvalue weighted by Gasteiger charge is -2.71. The van der Waals surface area contributed by atoms with Crippen LogP contribution in [0.5, 0.6) is 11.5 Å². The molecule has 5 unspecified atom stereocenters. The maximum atomic E-state index is 13.8. The SMILES string of the molecule is COc1ccc2c3c1OC1C4(O)CCC5(O[C@@H]4C(=O)NCCc4ccccc4)C(C2)N(C(=O)OCC(Cl)(Cl)Cl)CCC315. The highest BCUT2D eigenvalue weighted by molar-refractivity contribution is 6.67. The molecule has 2 amide bonds. The Morgan fingerprint density at radius 2 is 1.93 bits per heavy atom. The third-order valence-electron chi connectivity index (χ3n) is 9.91. The molecular weight excluding hydrogens is 607 g/mol. The van der Waals surface area contributed by atoms with Gasteiger partial charge in [0.05, 0.1) is 18.6 Å². The van der Waals surface area contributed by atoms with Crippen LogP contribution in [-0.4, -0.2) is 82.1 Å². The van der Waals surface area contributed by atoms with Gasteiger partial charge in [0.25, 0.3) is 5.91 Å². The molecule has 4 fully saturated rings. The number of amides is 2. The van der Waals surface area contributed by atoms with Crippen LogP contribution < -0.4 is 14.8 Å². The van der Waals surface area contributed by atoms with Gasteiger partial charge in [0, 0.05) is 18.7 Å². The lowest BCUT2D eigenvalue weighted by Crippen LogP contribution is -2.87. The molecule has 12 heteroatoms. The first kappa shape index (κ1) is 28.3. The highest BCUT2D eigenvalue weighted by atomic mass is 35.6. The second kappa shape index (κ2) is 9.79. The van der Waals surface area contributed by atoms with Gasteiger partial charge in [0.1, 0.15) is 23.9 Å². The number of nitrogens with zero attached hydrogens (tertiary/aromatic N) is 1. The van der Waals surface area contributed by atoms with Gasteiger partial charge < -0.3 is 34.3 Å². The molecule has 6 atom stereocenters. The Bertz CT molecular complexity index is 1440. The summed E-state index contributed by atoms with van der Waals surface area (Å²) in [6.07, 6.45) is -0.428. The maximum absolute atomic E-state index is 13.8. The first-order valence-electron chi connectivity index (χ1n) is 14.1. The minimum Gasteiger partial charge on any atom is -0.493 e. The number of halogens is 3. The quantitative estimate of drug-likeness (QED) is 0.464. The molecular formula is C30H31Cl3N2O7. The van der Waals surface area contributed by atoms with E-state index in [0.29, 0.717) is 50.3 Å². The monoisotopic (exact) mass is 636 g/mol. The van der Waals surface area contributed by atoms with Crippen molar-refractivity contribution in [3.05, 3.63) is 59.2 Å². The van der Waals surface area contributed by atoms with Crippen LogP contribution >= 0.6 is 34.8 Å². The predicted molar refractivity (Wildman–Crippen MR) is 154 cm³/mol. The largest absolute Gasteiger partial charge is 0.493 e. The van der Waals surface area contributed by atoms with Crippen molar-refractivity contribution in [3.8, 4) is 11.5 Å².